The molecule has 124 valence electrons. The zero-order valence-corrected chi connectivity index (χ0v) is 13.2. The summed E-state index contributed by atoms with van der Waals surface area (Å²) in [6, 6.07) is 5.87. The minimum absolute atomic E-state index is 0.0339. The summed E-state index contributed by atoms with van der Waals surface area (Å²) >= 11 is 0. The van der Waals surface area contributed by atoms with Gasteiger partial charge in [-0.3, -0.25) is 14.9 Å². The number of carbonyl (C=O) groups excluding carboxylic acids is 2. The Morgan fingerprint density at radius 2 is 2.17 bits per heavy atom. The van der Waals surface area contributed by atoms with Crippen molar-refractivity contribution in [2.24, 2.45) is 0 Å². The zero-order chi connectivity index (χ0) is 17.2. The van der Waals surface area contributed by atoms with Gasteiger partial charge in [-0.05, 0) is 25.0 Å². The molecule has 0 aliphatic carbocycles. The van der Waals surface area contributed by atoms with Gasteiger partial charge in [0.2, 0.25) is 0 Å². The fourth-order valence-corrected chi connectivity index (χ4v) is 1.91. The number of nitrogens with zero attached hydrogens (tertiary/aromatic N) is 1. The number of ether oxygens (including phenoxy) is 1. The van der Waals surface area contributed by atoms with Crippen LogP contribution in [0.25, 0.3) is 6.08 Å². The largest absolute Gasteiger partial charge is 0.452 e. The number of non-ortho nitro benzene ring substituents is 1. The molecular weight excluding hydrogens is 300 g/mol. The van der Waals surface area contributed by atoms with Crippen molar-refractivity contribution in [2.75, 3.05) is 6.61 Å². The molecule has 0 spiro atoms. The topological polar surface area (TPSA) is 98.5 Å². The molecule has 0 radical (unpaired) electrons. The van der Waals surface area contributed by atoms with Gasteiger partial charge in [-0.25, -0.2) is 4.79 Å². The Hall–Kier alpha value is -2.70. The lowest BCUT2D eigenvalue weighted by Gasteiger charge is -2.12. The van der Waals surface area contributed by atoms with Gasteiger partial charge in [-0.15, -0.1) is 0 Å². The van der Waals surface area contributed by atoms with Gasteiger partial charge in [-0.2, -0.15) is 0 Å². The molecule has 1 aromatic rings. The van der Waals surface area contributed by atoms with Gasteiger partial charge in [0.25, 0.3) is 11.6 Å². The summed E-state index contributed by atoms with van der Waals surface area (Å²) in [4.78, 5) is 33.2. The Bertz CT molecular complexity index is 598. The zero-order valence-electron chi connectivity index (χ0n) is 13.2. The lowest BCUT2D eigenvalue weighted by molar-refractivity contribution is -0.384. The monoisotopic (exact) mass is 320 g/mol. The summed E-state index contributed by atoms with van der Waals surface area (Å²) in [5.41, 5.74) is 0.432. The molecule has 0 aromatic heterocycles. The van der Waals surface area contributed by atoms with E-state index in [0.717, 1.165) is 18.9 Å². The Labute approximate surface area is 134 Å². The van der Waals surface area contributed by atoms with E-state index >= 15 is 0 Å². The van der Waals surface area contributed by atoms with Crippen LogP contribution in [0.3, 0.4) is 0 Å². The van der Waals surface area contributed by atoms with Gasteiger partial charge in [0.05, 0.1) is 4.92 Å². The predicted octanol–water partition coefficient (Wildman–Crippen LogP) is 2.46. The van der Waals surface area contributed by atoms with Gasteiger partial charge >= 0.3 is 5.97 Å². The number of nitrogens with one attached hydrogen (secondary N) is 1. The van der Waals surface area contributed by atoms with Crippen LogP contribution in [0.2, 0.25) is 0 Å². The fourth-order valence-electron chi connectivity index (χ4n) is 1.91. The predicted molar refractivity (Wildman–Crippen MR) is 85.6 cm³/mol. The van der Waals surface area contributed by atoms with Gasteiger partial charge in [0.15, 0.2) is 6.61 Å². The number of hydrogen-bond donors (Lipinski definition) is 1. The van der Waals surface area contributed by atoms with Crippen LogP contribution < -0.4 is 5.32 Å². The summed E-state index contributed by atoms with van der Waals surface area (Å²) in [7, 11) is 0. The van der Waals surface area contributed by atoms with Gasteiger partial charge in [0, 0.05) is 24.3 Å². The lowest BCUT2D eigenvalue weighted by Crippen LogP contribution is -2.35. The van der Waals surface area contributed by atoms with Crippen molar-refractivity contribution >= 4 is 23.6 Å². The van der Waals surface area contributed by atoms with Crippen molar-refractivity contribution in [3.63, 3.8) is 0 Å². The van der Waals surface area contributed by atoms with E-state index in [1.54, 1.807) is 6.07 Å². The van der Waals surface area contributed by atoms with Crippen LogP contribution >= 0.6 is 0 Å². The minimum Gasteiger partial charge on any atom is -0.452 e. The quantitative estimate of drug-likeness (QED) is 0.343. The molecular formula is C16H20N2O5. The summed E-state index contributed by atoms with van der Waals surface area (Å²) in [5, 5.41) is 13.4. The highest BCUT2D eigenvalue weighted by molar-refractivity contribution is 5.89. The molecule has 0 aliphatic heterocycles. The van der Waals surface area contributed by atoms with E-state index in [1.807, 2.05) is 13.8 Å². The highest BCUT2D eigenvalue weighted by Crippen LogP contribution is 2.14. The summed E-state index contributed by atoms with van der Waals surface area (Å²) < 4.78 is 4.81. The van der Waals surface area contributed by atoms with E-state index < -0.39 is 10.9 Å². The first-order chi connectivity index (χ1) is 10.9. The van der Waals surface area contributed by atoms with E-state index in [1.165, 1.54) is 24.3 Å². The molecule has 0 saturated heterocycles. The Morgan fingerprint density at radius 1 is 1.43 bits per heavy atom. The highest BCUT2D eigenvalue weighted by Gasteiger charge is 2.09. The van der Waals surface area contributed by atoms with Crippen LogP contribution in [0, 0.1) is 10.1 Å². The normalized spacial score (nSPS) is 11.9. The lowest BCUT2D eigenvalue weighted by atomic mass is 10.2. The maximum absolute atomic E-state index is 11.5. The van der Waals surface area contributed by atoms with E-state index in [2.05, 4.69) is 5.32 Å². The van der Waals surface area contributed by atoms with Crippen LogP contribution in [-0.2, 0) is 14.3 Å². The van der Waals surface area contributed by atoms with Crippen LogP contribution in [0.15, 0.2) is 30.3 Å². The molecule has 0 bridgehead atoms. The van der Waals surface area contributed by atoms with Gasteiger partial charge in [0.1, 0.15) is 0 Å². The third kappa shape index (κ3) is 7.21. The molecule has 7 heteroatoms. The Balaban J connectivity index is 2.46. The number of nitro groups is 1. The maximum atomic E-state index is 11.5. The number of esters is 1. The van der Waals surface area contributed by atoms with Gasteiger partial charge in [-0.1, -0.05) is 25.5 Å². The molecule has 1 aromatic carbocycles. The number of hydrogen-bond acceptors (Lipinski definition) is 5. The van der Waals surface area contributed by atoms with Crippen LogP contribution in [0.1, 0.15) is 32.3 Å². The molecule has 0 saturated carbocycles. The average molecular weight is 320 g/mol. The molecule has 1 N–H and O–H groups in total. The number of carbonyl (C=O) groups is 2. The SMILES string of the molecule is CCC[C@H](C)NC(=O)COC(=O)/C=C/c1cccc([N+](=O)[O-])c1. The number of rotatable bonds is 8. The third-order valence-electron chi connectivity index (χ3n) is 2.97. The first kappa shape index (κ1) is 18.3. The molecule has 1 atom stereocenters. The van der Waals surface area contributed by atoms with Crippen molar-refractivity contribution in [3.05, 3.63) is 46.0 Å². The Morgan fingerprint density at radius 3 is 2.83 bits per heavy atom. The second-order valence-electron chi connectivity index (χ2n) is 5.05. The smallest absolute Gasteiger partial charge is 0.331 e. The van der Waals surface area contributed by atoms with E-state index in [-0.39, 0.29) is 24.2 Å². The second kappa shape index (κ2) is 9.34. The number of nitro benzene ring substituents is 1. The summed E-state index contributed by atoms with van der Waals surface area (Å²) in [5.74, 6) is -1.04. The van der Waals surface area contributed by atoms with E-state index in [4.69, 9.17) is 4.74 Å². The van der Waals surface area contributed by atoms with Crippen molar-refractivity contribution < 1.29 is 19.2 Å². The molecule has 0 unspecified atom stereocenters. The van der Waals surface area contributed by atoms with E-state index in [0.29, 0.717) is 5.56 Å². The highest BCUT2D eigenvalue weighted by atomic mass is 16.6. The van der Waals surface area contributed by atoms with Crippen LogP contribution in [0.4, 0.5) is 5.69 Å². The van der Waals surface area contributed by atoms with Crippen molar-refractivity contribution in [1.29, 1.82) is 0 Å². The first-order valence-corrected chi connectivity index (χ1v) is 7.31. The molecule has 1 amide bonds. The first-order valence-electron chi connectivity index (χ1n) is 7.31. The molecule has 0 aliphatic rings. The van der Waals surface area contributed by atoms with E-state index in [9.17, 15) is 19.7 Å². The van der Waals surface area contributed by atoms with Crippen LogP contribution in [-0.4, -0.2) is 29.4 Å². The van der Waals surface area contributed by atoms with Gasteiger partial charge < -0.3 is 10.1 Å². The van der Waals surface area contributed by atoms with Crippen molar-refractivity contribution in [1.82, 2.24) is 5.32 Å². The number of amides is 1. The third-order valence-corrected chi connectivity index (χ3v) is 2.97. The number of benzene rings is 1. The molecule has 0 fully saturated rings. The van der Waals surface area contributed by atoms with Crippen molar-refractivity contribution in [3.8, 4) is 0 Å². The fraction of sp³-hybridized carbons (Fsp3) is 0.375. The minimum atomic E-state index is -0.685. The van der Waals surface area contributed by atoms with Crippen molar-refractivity contribution in [2.45, 2.75) is 32.7 Å². The Kier molecular flexibility index (Phi) is 7.45. The average Bonchev–Trinajstić information content (AvgIpc) is 2.51. The second-order valence-corrected chi connectivity index (χ2v) is 5.05. The van der Waals surface area contributed by atoms with Crippen LogP contribution in [0.5, 0.6) is 0 Å². The maximum Gasteiger partial charge on any atom is 0.331 e. The molecule has 7 nitrogen and oxygen atoms in total. The molecule has 23 heavy (non-hydrogen) atoms. The standard InChI is InChI=1S/C16H20N2O5/c1-3-5-12(2)17-15(19)11-23-16(20)9-8-13-6-4-7-14(10-13)18(21)22/h4,6-10,12H,3,5,11H2,1-2H3,(H,17,19)/b9-8+/t12-/m0/s1. The summed E-state index contributed by atoms with van der Waals surface area (Å²) in [6.07, 6.45) is 4.33. The summed E-state index contributed by atoms with van der Waals surface area (Å²) in [6.45, 7) is 3.54. The molecule has 1 rings (SSSR count). The molecule has 0 heterocycles.